The lowest BCUT2D eigenvalue weighted by Crippen LogP contribution is -2.40. The van der Waals surface area contributed by atoms with Crippen LogP contribution in [-0.4, -0.2) is 38.7 Å². The van der Waals surface area contributed by atoms with E-state index in [1.165, 1.54) is 0 Å². The van der Waals surface area contributed by atoms with Gasteiger partial charge in [0.25, 0.3) is 11.5 Å². The van der Waals surface area contributed by atoms with E-state index < -0.39 is 0 Å². The Morgan fingerprint density at radius 2 is 2.04 bits per heavy atom. The summed E-state index contributed by atoms with van der Waals surface area (Å²) < 4.78 is 2.69. The first kappa shape index (κ1) is 17.6. The van der Waals surface area contributed by atoms with Gasteiger partial charge in [0.1, 0.15) is 0 Å². The first-order valence-corrected chi connectivity index (χ1v) is 10.8. The molecule has 28 heavy (non-hydrogen) atoms. The van der Waals surface area contributed by atoms with Gasteiger partial charge in [0.2, 0.25) is 0 Å². The predicted molar refractivity (Wildman–Crippen MR) is 109 cm³/mol. The molecule has 6 nitrogen and oxygen atoms in total. The van der Waals surface area contributed by atoms with Crippen LogP contribution >= 0.6 is 11.3 Å². The van der Waals surface area contributed by atoms with Crippen molar-refractivity contribution in [2.24, 2.45) is 5.92 Å². The fourth-order valence-corrected chi connectivity index (χ4v) is 5.02. The number of likely N-dealkylation sites (tertiary alicyclic amines) is 1. The van der Waals surface area contributed by atoms with Gasteiger partial charge in [-0.15, -0.1) is 11.3 Å². The van der Waals surface area contributed by atoms with Gasteiger partial charge in [0, 0.05) is 31.3 Å². The molecule has 1 fully saturated rings. The topological polar surface area (TPSA) is 68.1 Å². The number of rotatable bonds is 3. The maximum Gasteiger partial charge on any atom is 0.267 e. The van der Waals surface area contributed by atoms with E-state index in [0.717, 1.165) is 72.2 Å². The Hall–Kier alpha value is -2.54. The number of thiazole rings is 1. The first-order chi connectivity index (χ1) is 13.7. The number of hydrogen-bond donors (Lipinski definition) is 0. The summed E-state index contributed by atoms with van der Waals surface area (Å²) in [4.78, 5) is 31.4. The van der Waals surface area contributed by atoms with Crippen molar-refractivity contribution in [3.05, 3.63) is 57.0 Å². The van der Waals surface area contributed by atoms with Gasteiger partial charge in [0.15, 0.2) is 0 Å². The number of hydrogen-bond acceptors (Lipinski definition) is 5. The molecule has 0 radical (unpaired) electrons. The Balaban J connectivity index is 1.24. The third-order valence-electron chi connectivity index (χ3n) is 5.93. The van der Waals surface area contributed by atoms with Crippen LogP contribution in [0.25, 0.3) is 10.2 Å². The molecule has 1 aromatic carbocycles. The van der Waals surface area contributed by atoms with Gasteiger partial charge in [-0.3, -0.25) is 9.59 Å². The molecule has 1 saturated heterocycles. The summed E-state index contributed by atoms with van der Waals surface area (Å²) in [6, 6.07) is 7.49. The van der Waals surface area contributed by atoms with Crippen LogP contribution in [0.5, 0.6) is 0 Å². The lowest BCUT2D eigenvalue weighted by molar-refractivity contribution is 0.0680. The molecule has 3 heterocycles. The van der Waals surface area contributed by atoms with E-state index in [1.54, 1.807) is 27.6 Å². The summed E-state index contributed by atoms with van der Waals surface area (Å²) in [5.41, 5.74) is 5.70. The number of piperidine rings is 1. The third-order valence-corrected chi connectivity index (χ3v) is 6.73. The van der Waals surface area contributed by atoms with Crippen LogP contribution in [0.15, 0.2) is 34.6 Å². The molecule has 3 aromatic rings. The van der Waals surface area contributed by atoms with E-state index in [2.05, 4.69) is 10.1 Å². The standard InChI is InChI=1S/C21H22N4O2S/c26-20-11-15-2-1-3-17(15)23-25(20)12-14-6-8-24(9-7-14)21(27)16-4-5-18-19(10-16)28-13-22-18/h4-5,10-11,13-14H,1-3,6-9,12H2. The minimum Gasteiger partial charge on any atom is -0.339 e. The SMILES string of the molecule is O=C(c1ccc2ncsc2c1)N1CCC(Cn2nc3c(cc2=O)CCC3)CC1. The number of nitrogens with zero attached hydrogens (tertiary/aromatic N) is 4. The Morgan fingerprint density at radius 1 is 1.18 bits per heavy atom. The second kappa shape index (κ2) is 7.13. The molecule has 0 atom stereocenters. The molecule has 1 aliphatic carbocycles. The molecule has 2 aromatic heterocycles. The molecule has 1 aliphatic heterocycles. The molecule has 0 spiro atoms. The highest BCUT2D eigenvalue weighted by Gasteiger charge is 2.25. The highest BCUT2D eigenvalue weighted by Crippen LogP contribution is 2.24. The maximum atomic E-state index is 12.9. The third kappa shape index (κ3) is 3.24. The first-order valence-electron chi connectivity index (χ1n) is 9.90. The molecular formula is C21H22N4O2S. The number of carbonyl (C=O) groups excluding carboxylic acids is 1. The zero-order chi connectivity index (χ0) is 19.1. The van der Waals surface area contributed by atoms with E-state index in [9.17, 15) is 9.59 Å². The summed E-state index contributed by atoms with van der Waals surface area (Å²) in [5, 5.41) is 4.59. The Kier molecular flexibility index (Phi) is 4.47. The van der Waals surface area contributed by atoms with Gasteiger partial charge in [-0.1, -0.05) is 0 Å². The summed E-state index contributed by atoms with van der Waals surface area (Å²) in [6.45, 7) is 2.11. The number of aryl methyl sites for hydroxylation is 2. The normalized spacial score (nSPS) is 17.2. The lowest BCUT2D eigenvalue weighted by atomic mass is 9.96. The van der Waals surface area contributed by atoms with E-state index in [-0.39, 0.29) is 11.5 Å². The average Bonchev–Trinajstić information content (AvgIpc) is 3.36. The average molecular weight is 395 g/mol. The van der Waals surface area contributed by atoms with Crippen LogP contribution in [-0.2, 0) is 19.4 Å². The minimum absolute atomic E-state index is 0.0111. The summed E-state index contributed by atoms with van der Waals surface area (Å²) >= 11 is 1.56. The maximum absolute atomic E-state index is 12.9. The summed E-state index contributed by atoms with van der Waals surface area (Å²) in [7, 11) is 0. The van der Waals surface area contributed by atoms with E-state index in [0.29, 0.717) is 12.5 Å². The van der Waals surface area contributed by atoms with Gasteiger partial charge < -0.3 is 4.90 Å². The lowest BCUT2D eigenvalue weighted by Gasteiger charge is -2.32. The molecule has 1 amide bonds. The van der Waals surface area contributed by atoms with Crippen molar-refractivity contribution in [3.63, 3.8) is 0 Å². The van der Waals surface area contributed by atoms with Gasteiger partial charge in [0.05, 0.1) is 21.4 Å². The van der Waals surface area contributed by atoms with Crippen molar-refractivity contribution >= 4 is 27.5 Å². The Labute approximate surface area is 166 Å². The molecule has 7 heteroatoms. The van der Waals surface area contributed by atoms with Gasteiger partial charge >= 0.3 is 0 Å². The van der Waals surface area contributed by atoms with Crippen molar-refractivity contribution in [1.82, 2.24) is 19.7 Å². The van der Waals surface area contributed by atoms with Crippen LogP contribution in [0.3, 0.4) is 0 Å². The number of carbonyl (C=O) groups is 1. The van der Waals surface area contributed by atoms with Crippen molar-refractivity contribution in [3.8, 4) is 0 Å². The molecule has 144 valence electrons. The van der Waals surface area contributed by atoms with Gasteiger partial charge in [-0.2, -0.15) is 5.10 Å². The molecule has 0 saturated carbocycles. The van der Waals surface area contributed by atoms with Crippen molar-refractivity contribution in [1.29, 1.82) is 0 Å². The zero-order valence-corrected chi connectivity index (χ0v) is 16.5. The van der Waals surface area contributed by atoms with Crippen LogP contribution in [0.2, 0.25) is 0 Å². The van der Waals surface area contributed by atoms with Crippen LogP contribution in [0, 0.1) is 5.92 Å². The van der Waals surface area contributed by atoms with Crippen molar-refractivity contribution in [2.45, 2.75) is 38.6 Å². The highest BCUT2D eigenvalue weighted by molar-refractivity contribution is 7.16. The van der Waals surface area contributed by atoms with Crippen molar-refractivity contribution in [2.75, 3.05) is 13.1 Å². The van der Waals surface area contributed by atoms with E-state index in [4.69, 9.17) is 0 Å². The molecule has 0 bridgehead atoms. The number of fused-ring (bicyclic) bond motifs is 2. The zero-order valence-electron chi connectivity index (χ0n) is 15.6. The van der Waals surface area contributed by atoms with Gasteiger partial charge in [-0.25, -0.2) is 9.67 Å². The van der Waals surface area contributed by atoms with E-state index >= 15 is 0 Å². The van der Waals surface area contributed by atoms with E-state index in [1.807, 2.05) is 23.1 Å². The number of aromatic nitrogens is 3. The fourth-order valence-electron chi connectivity index (χ4n) is 4.30. The molecular weight excluding hydrogens is 372 g/mol. The smallest absolute Gasteiger partial charge is 0.267 e. The Morgan fingerprint density at radius 3 is 2.89 bits per heavy atom. The van der Waals surface area contributed by atoms with Gasteiger partial charge in [-0.05, 0) is 61.8 Å². The molecule has 0 N–H and O–H groups in total. The summed E-state index contributed by atoms with van der Waals surface area (Å²) in [5.74, 6) is 0.472. The number of benzene rings is 1. The summed E-state index contributed by atoms with van der Waals surface area (Å²) in [6.07, 6.45) is 4.86. The fraction of sp³-hybridized carbons (Fsp3) is 0.429. The van der Waals surface area contributed by atoms with Crippen molar-refractivity contribution < 1.29 is 4.79 Å². The second-order valence-corrected chi connectivity index (χ2v) is 8.65. The quantitative estimate of drug-likeness (QED) is 0.685. The Bertz CT molecular complexity index is 1100. The predicted octanol–water partition coefficient (Wildman–Crippen LogP) is 2.89. The van der Waals surface area contributed by atoms with Crippen LogP contribution in [0.1, 0.15) is 40.9 Å². The van der Waals surface area contributed by atoms with Crippen LogP contribution in [0.4, 0.5) is 0 Å². The highest BCUT2D eigenvalue weighted by atomic mass is 32.1. The molecule has 0 unspecified atom stereocenters. The minimum atomic E-state index is 0.0111. The molecule has 5 rings (SSSR count). The number of amides is 1. The van der Waals surface area contributed by atoms with Crippen LogP contribution < -0.4 is 5.56 Å². The second-order valence-electron chi connectivity index (χ2n) is 7.76. The molecule has 2 aliphatic rings. The monoisotopic (exact) mass is 394 g/mol. The largest absolute Gasteiger partial charge is 0.339 e.